The summed E-state index contributed by atoms with van der Waals surface area (Å²) < 4.78 is 26.2. The summed E-state index contributed by atoms with van der Waals surface area (Å²) in [6.45, 7) is 4.98. The number of nitrogens with one attached hydrogen (secondary N) is 1. The number of anilines is 1. The molecule has 1 fully saturated rings. The minimum absolute atomic E-state index is 0.137. The van der Waals surface area contributed by atoms with Crippen LogP contribution in [0.15, 0.2) is 47.4 Å². The number of amides is 1. The molecule has 3 rings (SSSR count). The third-order valence-corrected chi connectivity index (χ3v) is 7.32. The predicted molar refractivity (Wildman–Crippen MR) is 115 cm³/mol. The van der Waals surface area contributed by atoms with Gasteiger partial charge < -0.3 is 5.32 Å². The third-order valence-electron chi connectivity index (χ3n) is 5.37. The number of hydrogen-bond acceptors (Lipinski definition) is 4. The SMILES string of the molecule is Cc1cccc(C2CCCN2CC(=O)Nc2ccc(C)c(S(=O)(=O)N(C)C)c2)c1. The number of nitrogens with zero attached hydrogens (tertiary/aromatic N) is 2. The molecule has 0 bridgehead atoms. The lowest BCUT2D eigenvalue weighted by Crippen LogP contribution is -2.33. The second kappa shape index (κ2) is 8.65. The van der Waals surface area contributed by atoms with Gasteiger partial charge in [-0.2, -0.15) is 0 Å². The number of carbonyl (C=O) groups is 1. The quantitative estimate of drug-likeness (QED) is 0.786. The average molecular weight is 416 g/mol. The lowest BCUT2D eigenvalue weighted by Gasteiger charge is -2.24. The molecule has 1 amide bonds. The minimum atomic E-state index is -3.57. The molecule has 1 atom stereocenters. The first-order valence-electron chi connectivity index (χ1n) is 9.82. The van der Waals surface area contributed by atoms with Gasteiger partial charge in [-0.25, -0.2) is 12.7 Å². The summed E-state index contributed by atoms with van der Waals surface area (Å²) in [5, 5.41) is 2.87. The van der Waals surface area contributed by atoms with Crippen molar-refractivity contribution < 1.29 is 13.2 Å². The third kappa shape index (κ3) is 4.86. The minimum Gasteiger partial charge on any atom is -0.325 e. The van der Waals surface area contributed by atoms with Crippen LogP contribution in [-0.2, 0) is 14.8 Å². The van der Waals surface area contributed by atoms with Gasteiger partial charge in [0.2, 0.25) is 15.9 Å². The molecule has 7 heteroatoms. The van der Waals surface area contributed by atoms with Crippen LogP contribution >= 0.6 is 0 Å². The van der Waals surface area contributed by atoms with Gasteiger partial charge in [0.05, 0.1) is 11.4 Å². The van der Waals surface area contributed by atoms with Crippen molar-refractivity contribution in [3.63, 3.8) is 0 Å². The summed E-state index contributed by atoms with van der Waals surface area (Å²) in [5.74, 6) is -0.137. The Hall–Kier alpha value is -2.22. The smallest absolute Gasteiger partial charge is 0.242 e. The van der Waals surface area contributed by atoms with Crippen LogP contribution in [0.5, 0.6) is 0 Å². The number of benzene rings is 2. The molecule has 1 aliphatic heterocycles. The molecule has 156 valence electrons. The van der Waals surface area contributed by atoms with Gasteiger partial charge in [0.15, 0.2) is 0 Å². The Kier molecular flexibility index (Phi) is 6.41. The number of sulfonamides is 1. The number of likely N-dealkylation sites (tertiary alicyclic amines) is 1. The second-order valence-electron chi connectivity index (χ2n) is 7.86. The van der Waals surface area contributed by atoms with Crippen LogP contribution in [0.2, 0.25) is 0 Å². The van der Waals surface area contributed by atoms with E-state index in [1.54, 1.807) is 19.1 Å². The van der Waals surface area contributed by atoms with Gasteiger partial charge in [-0.1, -0.05) is 35.9 Å². The molecule has 1 heterocycles. The molecule has 0 spiro atoms. The largest absolute Gasteiger partial charge is 0.325 e. The van der Waals surface area contributed by atoms with E-state index in [9.17, 15) is 13.2 Å². The number of carbonyl (C=O) groups excluding carboxylic acids is 1. The summed E-state index contributed by atoms with van der Waals surface area (Å²) in [5.41, 5.74) is 3.60. The first-order valence-corrected chi connectivity index (χ1v) is 11.3. The number of rotatable bonds is 6. The van der Waals surface area contributed by atoms with E-state index in [1.165, 1.54) is 35.6 Å². The highest BCUT2D eigenvalue weighted by molar-refractivity contribution is 7.89. The predicted octanol–water partition coefficient (Wildman–Crippen LogP) is 3.33. The van der Waals surface area contributed by atoms with Crippen molar-refractivity contribution in [1.82, 2.24) is 9.21 Å². The maximum atomic E-state index is 12.7. The van der Waals surface area contributed by atoms with Crippen LogP contribution in [0.1, 0.15) is 35.6 Å². The van der Waals surface area contributed by atoms with Crippen molar-refractivity contribution >= 4 is 21.6 Å². The molecule has 1 unspecified atom stereocenters. The van der Waals surface area contributed by atoms with Gasteiger partial charge >= 0.3 is 0 Å². The molecule has 2 aromatic carbocycles. The molecule has 0 aromatic heterocycles. The van der Waals surface area contributed by atoms with E-state index < -0.39 is 10.0 Å². The Morgan fingerprint density at radius 3 is 2.62 bits per heavy atom. The monoisotopic (exact) mass is 415 g/mol. The van der Waals surface area contributed by atoms with Crippen LogP contribution in [0.25, 0.3) is 0 Å². The van der Waals surface area contributed by atoms with Crippen LogP contribution in [0.4, 0.5) is 5.69 Å². The lowest BCUT2D eigenvalue weighted by molar-refractivity contribution is -0.117. The summed E-state index contributed by atoms with van der Waals surface area (Å²) in [6, 6.07) is 13.7. The summed E-state index contributed by atoms with van der Waals surface area (Å²) >= 11 is 0. The standard InChI is InChI=1S/C22H29N3O3S/c1-16-7-5-8-18(13-16)20-9-6-12-25(20)15-22(26)23-19-11-10-17(2)21(14-19)29(27,28)24(3)4/h5,7-8,10-11,13-14,20H,6,9,12,15H2,1-4H3,(H,23,26). The normalized spacial score (nSPS) is 17.6. The zero-order valence-electron chi connectivity index (χ0n) is 17.5. The van der Waals surface area contributed by atoms with E-state index in [4.69, 9.17) is 0 Å². The Bertz CT molecular complexity index is 1000. The van der Waals surface area contributed by atoms with Gasteiger partial charge in [0.1, 0.15) is 0 Å². The van der Waals surface area contributed by atoms with Gasteiger partial charge in [-0.15, -0.1) is 0 Å². The van der Waals surface area contributed by atoms with E-state index in [2.05, 4.69) is 41.4 Å². The lowest BCUT2D eigenvalue weighted by atomic mass is 10.0. The average Bonchev–Trinajstić information content (AvgIpc) is 3.11. The van der Waals surface area contributed by atoms with Crippen molar-refractivity contribution in [2.24, 2.45) is 0 Å². The van der Waals surface area contributed by atoms with E-state index in [1.807, 2.05) is 0 Å². The molecule has 0 saturated carbocycles. The fourth-order valence-electron chi connectivity index (χ4n) is 3.81. The van der Waals surface area contributed by atoms with Crippen molar-refractivity contribution in [1.29, 1.82) is 0 Å². The molecule has 1 saturated heterocycles. The highest BCUT2D eigenvalue weighted by Gasteiger charge is 2.28. The molecule has 1 N–H and O–H groups in total. The highest BCUT2D eigenvalue weighted by Crippen LogP contribution is 2.32. The Labute approximate surface area is 173 Å². The first-order chi connectivity index (χ1) is 13.7. The maximum absolute atomic E-state index is 12.7. The Morgan fingerprint density at radius 2 is 1.93 bits per heavy atom. The van der Waals surface area contributed by atoms with Crippen LogP contribution < -0.4 is 5.32 Å². The molecular formula is C22H29N3O3S. The molecule has 0 radical (unpaired) electrons. The van der Waals surface area contributed by atoms with Gasteiger partial charge in [0.25, 0.3) is 0 Å². The molecule has 0 aliphatic carbocycles. The first kappa shape index (κ1) is 21.5. The Morgan fingerprint density at radius 1 is 1.17 bits per heavy atom. The van der Waals surface area contributed by atoms with Crippen LogP contribution in [0.3, 0.4) is 0 Å². The molecule has 1 aliphatic rings. The second-order valence-corrected chi connectivity index (χ2v) is 9.98. The van der Waals surface area contributed by atoms with Crippen molar-refractivity contribution in [2.75, 3.05) is 32.5 Å². The van der Waals surface area contributed by atoms with Crippen molar-refractivity contribution in [3.05, 3.63) is 59.2 Å². The topological polar surface area (TPSA) is 69.7 Å². The number of hydrogen-bond donors (Lipinski definition) is 1. The summed E-state index contributed by atoms with van der Waals surface area (Å²) in [6.07, 6.45) is 2.09. The zero-order chi connectivity index (χ0) is 21.2. The van der Waals surface area contributed by atoms with E-state index >= 15 is 0 Å². The fraction of sp³-hybridized carbons (Fsp3) is 0.409. The highest BCUT2D eigenvalue weighted by atomic mass is 32.2. The van der Waals surface area contributed by atoms with Crippen molar-refractivity contribution in [2.45, 2.75) is 37.6 Å². The van der Waals surface area contributed by atoms with Gasteiger partial charge in [-0.05, 0) is 56.5 Å². The maximum Gasteiger partial charge on any atom is 0.242 e. The van der Waals surface area contributed by atoms with E-state index in [0.29, 0.717) is 11.3 Å². The zero-order valence-corrected chi connectivity index (χ0v) is 18.3. The van der Waals surface area contributed by atoms with Crippen LogP contribution in [0, 0.1) is 13.8 Å². The van der Waals surface area contributed by atoms with E-state index in [0.717, 1.165) is 19.4 Å². The summed E-state index contributed by atoms with van der Waals surface area (Å²) in [7, 11) is -0.568. The van der Waals surface area contributed by atoms with E-state index in [-0.39, 0.29) is 23.4 Å². The molecular weight excluding hydrogens is 386 g/mol. The fourth-order valence-corrected chi connectivity index (χ4v) is 4.95. The van der Waals surface area contributed by atoms with Gasteiger partial charge in [0, 0.05) is 25.8 Å². The molecule has 6 nitrogen and oxygen atoms in total. The molecule has 2 aromatic rings. The number of aryl methyl sites for hydroxylation is 2. The van der Waals surface area contributed by atoms with Crippen LogP contribution in [-0.4, -0.2) is 50.7 Å². The summed E-state index contributed by atoms with van der Waals surface area (Å²) in [4.78, 5) is 15.1. The van der Waals surface area contributed by atoms with Crippen molar-refractivity contribution in [3.8, 4) is 0 Å². The Balaban J connectivity index is 1.72. The molecule has 29 heavy (non-hydrogen) atoms. The van der Waals surface area contributed by atoms with Gasteiger partial charge in [-0.3, -0.25) is 9.69 Å².